The molecule has 4 aliphatic rings. The molecule has 1 saturated heterocycles. The minimum atomic E-state index is -0.481. The van der Waals surface area contributed by atoms with E-state index in [2.05, 4.69) is 52.3 Å². The van der Waals surface area contributed by atoms with Crippen LogP contribution in [0.15, 0.2) is 48.5 Å². The van der Waals surface area contributed by atoms with Gasteiger partial charge >= 0.3 is 5.97 Å². The molecule has 3 fully saturated rings. The SMILES string of the molecule is COC(=O)C12C(OC)C1[C@@]21CC2c3[nH]c4cccc(OC)c4c3CCN2C[C@H]1CCc1ccccc1. The number of rotatable bonds is 6. The number of esters is 1. The van der Waals surface area contributed by atoms with E-state index in [-0.39, 0.29) is 29.4 Å². The van der Waals surface area contributed by atoms with Crippen molar-refractivity contribution in [2.45, 2.75) is 37.8 Å². The van der Waals surface area contributed by atoms with Gasteiger partial charge in [-0.3, -0.25) is 9.69 Å². The van der Waals surface area contributed by atoms with E-state index in [4.69, 9.17) is 14.2 Å². The highest BCUT2D eigenvalue weighted by Gasteiger charge is 3.01. The third kappa shape index (κ3) is 2.67. The molecule has 2 aromatic carbocycles. The number of aryl methyl sites for hydroxylation is 1. The molecule has 188 valence electrons. The number of benzene rings is 2. The Morgan fingerprint density at radius 1 is 1.11 bits per heavy atom. The Hall–Kier alpha value is -2.83. The van der Waals surface area contributed by atoms with Crippen LogP contribution in [0.5, 0.6) is 5.75 Å². The normalized spacial score (nSPS) is 34.1. The van der Waals surface area contributed by atoms with E-state index in [0.717, 1.165) is 50.0 Å². The summed E-state index contributed by atoms with van der Waals surface area (Å²) in [6.07, 6.45) is 4.07. The third-order valence-electron chi connectivity index (χ3n) is 10.1. The second-order valence-corrected chi connectivity index (χ2v) is 11.1. The van der Waals surface area contributed by atoms with Gasteiger partial charge in [-0.1, -0.05) is 36.4 Å². The number of fused-ring (bicyclic) bond motifs is 8. The van der Waals surface area contributed by atoms with Gasteiger partial charge in [0.15, 0.2) is 0 Å². The molecule has 6 nitrogen and oxygen atoms in total. The predicted octanol–water partition coefficient (Wildman–Crippen LogP) is 4.53. The van der Waals surface area contributed by atoms with E-state index < -0.39 is 5.41 Å². The molecule has 6 heteroatoms. The lowest BCUT2D eigenvalue weighted by atomic mass is 9.65. The first-order valence-electron chi connectivity index (χ1n) is 13.2. The van der Waals surface area contributed by atoms with Crippen LogP contribution in [0.25, 0.3) is 10.9 Å². The molecular formula is C30H34N2O4. The van der Waals surface area contributed by atoms with Crippen molar-refractivity contribution in [1.82, 2.24) is 9.88 Å². The summed E-state index contributed by atoms with van der Waals surface area (Å²) in [5, 5.41) is 1.22. The maximum absolute atomic E-state index is 13.3. The molecule has 0 bridgehead atoms. The van der Waals surface area contributed by atoms with Crippen molar-refractivity contribution in [1.29, 1.82) is 0 Å². The van der Waals surface area contributed by atoms with Gasteiger partial charge in [0.05, 0.1) is 26.4 Å². The van der Waals surface area contributed by atoms with Gasteiger partial charge in [0, 0.05) is 48.1 Å². The molecule has 7 rings (SSSR count). The topological polar surface area (TPSA) is 63.8 Å². The average Bonchev–Trinajstić information content (AvgIpc) is 3.72. The number of H-pyrrole nitrogens is 1. The number of aromatic amines is 1. The highest BCUT2D eigenvalue weighted by atomic mass is 16.5. The Balaban J connectivity index is 1.27. The number of piperidine rings is 1. The summed E-state index contributed by atoms with van der Waals surface area (Å²) in [7, 11) is 5.02. The molecule has 6 atom stereocenters. The number of nitrogens with zero attached hydrogens (tertiary/aromatic N) is 1. The fourth-order valence-electron chi connectivity index (χ4n) is 8.55. The van der Waals surface area contributed by atoms with Crippen molar-refractivity contribution >= 4 is 16.9 Å². The summed E-state index contributed by atoms with van der Waals surface area (Å²) < 4.78 is 17.0. The summed E-state index contributed by atoms with van der Waals surface area (Å²) in [5.74, 6) is 1.55. The molecular weight excluding hydrogens is 452 g/mol. The van der Waals surface area contributed by atoms with Crippen LogP contribution in [0.1, 0.15) is 35.7 Å². The highest BCUT2D eigenvalue weighted by molar-refractivity contribution is 5.92. The van der Waals surface area contributed by atoms with Crippen molar-refractivity contribution in [2.75, 3.05) is 34.4 Å². The molecule has 2 aliphatic carbocycles. The number of nitrogens with one attached hydrogen (secondary N) is 1. The van der Waals surface area contributed by atoms with Crippen LogP contribution in [0.3, 0.4) is 0 Å². The molecule has 36 heavy (non-hydrogen) atoms. The van der Waals surface area contributed by atoms with Gasteiger partial charge in [-0.25, -0.2) is 0 Å². The van der Waals surface area contributed by atoms with Gasteiger partial charge in [-0.05, 0) is 54.9 Å². The first-order valence-corrected chi connectivity index (χ1v) is 13.2. The van der Waals surface area contributed by atoms with Crippen LogP contribution in [-0.2, 0) is 27.1 Å². The van der Waals surface area contributed by atoms with Gasteiger partial charge in [-0.15, -0.1) is 0 Å². The molecule has 2 aliphatic heterocycles. The number of ether oxygens (including phenoxy) is 3. The van der Waals surface area contributed by atoms with Gasteiger partial charge in [-0.2, -0.15) is 0 Å². The molecule has 1 spiro atoms. The summed E-state index contributed by atoms with van der Waals surface area (Å²) in [5.41, 5.74) is 4.65. The summed E-state index contributed by atoms with van der Waals surface area (Å²) in [6.45, 7) is 2.04. The summed E-state index contributed by atoms with van der Waals surface area (Å²) >= 11 is 0. The smallest absolute Gasteiger partial charge is 0.315 e. The van der Waals surface area contributed by atoms with Crippen LogP contribution in [-0.4, -0.2) is 56.4 Å². The zero-order chi connectivity index (χ0) is 24.7. The third-order valence-corrected chi connectivity index (χ3v) is 10.1. The molecule has 3 heterocycles. The molecule has 1 aromatic heterocycles. The Morgan fingerprint density at radius 2 is 1.94 bits per heavy atom. The van der Waals surface area contributed by atoms with Crippen LogP contribution in [0, 0.1) is 22.7 Å². The molecule has 2 saturated carbocycles. The fraction of sp³-hybridized carbons (Fsp3) is 0.500. The molecule has 4 unspecified atom stereocenters. The number of carbonyl (C=O) groups is 1. The van der Waals surface area contributed by atoms with Gasteiger partial charge in [0.2, 0.25) is 0 Å². The van der Waals surface area contributed by atoms with Crippen LogP contribution in [0.2, 0.25) is 0 Å². The minimum Gasteiger partial charge on any atom is -0.496 e. The lowest BCUT2D eigenvalue weighted by Crippen LogP contribution is -2.52. The summed E-state index contributed by atoms with van der Waals surface area (Å²) in [6, 6.07) is 17.2. The number of carbonyl (C=O) groups excluding carboxylic acids is 1. The van der Waals surface area contributed by atoms with Crippen molar-refractivity contribution in [3.8, 4) is 5.75 Å². The number of hydrogen-bond donors (Lipinski definition) is 1. The Morgan fingerprint density at radius 3 is 2.69 bits per heavy atom. The second kappa shape index (κ2) is 7.83. The predicted molar refractivity (Wildman–Crippen MR) is 137 cm³/mol. The van der Waals surface area contributed by atoms with Crippen molar-refractivity contribution in [3.63, 3.8) is 0 Å². The van der Waals surface area contributed by atoms with E-state index in [1.807, 2.05) is 6.07 Å². The molecule has 1 N–H and O–H groups in total. The van der Waals surface area contributed by atoms with Crippen LogP contribution in [0.4, 0.5) is 0 Å². The van der Waals surface area contributed by atoms with Crippen molar-refractivity contribution in [3.05, 3.63) is 65.4 Å². The lowest BCUT2D eigenvalue weighted by molar-refractivity contribution is -0.154. The summed E-state index contributed by atoms with van der Waals surface area (Å²) in [4.78, 5) is 19.7. The van der Waals surface area contributed by atoms with Crippen LogP contribution >= 0.6 is 0 Å². The molecule has 0 amide bonds. The van der Waals surface area contributed by atoms with Crippen molar-refractivity contribution < 1.29 is 19.0 Å². The molecule has 0 radical (unpaired) electrons. The Bertz CT molecular complexity index is 1340. The standard InChI is InChI=1S/C30H34N2O4/c1-34-23-11-7-10-21-24(23)20-14-15-32-17-19(13-12-18-8-5-4-6-9-18)29(16-22(32)25(20)31-21)26-27(35-2)30(26,29)28(33)36-3/h4-11,19,22,26-27,31H,12-17H2,1-3H3/t19-,22?,26?,27?,29+,30?/m1/s1. The van der Waals surface area contributed by atoms with E-state index in [9.17, 15) is 4.79 Å². The number of methoxy groups -OCH3 is 3. The Kier molecular flexibility index (Phi) is 4.87. The first-order chi connectivity index (χ1) is 17.6. The van der Waals surface area contributed by atoms with Crippen molar-refractivity contribution in [2.24, 2.45) is 22.7 Å². The monoisotopic (exact) mass is 486 g/mol. The minimum absolute atomic E-state index is 0.0124. The van der Waals surface area contributed by atoms with Gasteiger partial charge in [0.1, 0.15) is 11.2 Å². The lowest BCUT2D eigenvalue weighted by Gasteiger charge is -2.51. The number of aromatic nitrogens is 1. The molecule has 3 aromatic rings. The maximum atomic E-state index is 13.3. The van der Waals surface area contributed by atoms with Crippen LogP contribution < -0.4 is 4.74 Å². The number of hydrogen-bond acceptors (Lipinski definition) is 5. The van der Waals surface area contributed by atoms with Gasteiger partial charge < -0.3 is 19.2 Å². The van der Waals surface area contributed by atoms with Gasteiger partial charge in [0.25, 0.3) is 0 Å². The van der Waals surface area contributed by atoms with E-state index in [0.29, 0.717) is 5.92 Å². The zero-order valence-corrected chi connectivity index (χ0v) is 21.3. The fourth-order valence-corrected chi connectivity index (χ4v) is 8.55. The zero-order valence-electron chi connectivity index (χ0n) is 21.3. The first kappa shape index (κ1) is 22.4. The van der Waals surface area contributed by atoms with E-state index in [1.165, 1.54) is 29.3 Å². The maximum Gasteiger partial charge on any atom is 0.315 e. The van der Waals surface area contributed by atoms with E-state index in [1.54, 1.807) is 14.2 Å². The average molecular weight is 487 g/mol. The second-order valence-electron chi connectivity index (χ2n) is 11.1. The highest BCUT2D eigenvalue weighted by Crippen LogP contribution is 2.93. The van der Waals surface area contributed by atoms with E-state index >= 15 is 0 Å². The quantitative estimate of drug-likeness (QED) is 0.519. The largest absolute Gasteiger partial charge is 0.496 e. The Labute approximate surface area is 211 Å².